The highest BCUT2D eigenvalue weighted by molar-refractivity contribution is 6.31. The second-order valence-corrected chi connectivity index (χ2v) is 4.55. The summed E-state index contributed by atoms with van der Waals surface area (Å²) in [6.07, 6.45) is 9.26. The average Bonchev–Trinajstić information content (AvgIpc) is 2.32. The molecule has 1 atom stereocenters. The van der Waals surface area contributed by atoms with Crippen molar-refractivity contribution in [2.45, 2.75) is 38.6 Å². The van der Waals surface area contributed by atoms with Gasteiger partial charge in [0.25, 0.3) is 0 Å². The minimum Gasteiger partial charge on any atom is -0.314 e. The Labute approximate surface area is 110 Å². The largest absolute Gasteiger partial charge is 0.314 e. The van der Waals surface area contributed by atoms with Crippen molar-refractivity contribution in [1.29, 1.82) is 0 Å². The highest BCUT2D eigenvalue weighted by Gasteiger charge is 2.09. The summed E-state index contributed by atoms with van der Waals surface area (Å²) in [6.45, 7) is 3.10. The summed E-state index contributed by atoms with van der Waals surface area (Å²) >= 11 is 6.17. The molecule has 0 saturated carbocycles. The zero-order valence-electron chi connectivity index (χ0n) is 10.4. The molecule has 0 amide bonds. The highest BCUT2D eigenvalue weighted by atomic mass is 35.5. The summed E-state index contributed by atoms with van der Waals surface area (Å²) in [5.74, 6) is 2.69. The van der Waals surface area contributed by atoms with E-state index in [9.17, 15) is 0 Å². The van der Waals surface area contributed by atoms with E-state index < -0.39 is 0 Å². The van der Waals surface area contributed by atoms with E-state index in [2.05, 4.69) is 24.2 Å². The van der Waals surface area contributed by atoms with Gasteiger partial charge in [-0.25, -0.2) is 0 Å². The molecule has 1 aromatic rings. The molecule has 0 aromatic heterocycles. The van der Waals surface area contributed by atoms with E-state index in [0.29, 0.717) is 6.04 Å². The molecule has 0 aliphatic heterocycles. The Morgan fingerprint density at radius 2 is 2.18 bits per heavy atom. The molecule has 1 rings (SSSR count). The molecule has 0 aliphatic carbocycles. The Morgan fingerprint density at radius 3 is 2.82 bits per heavy atom. The van der Waals surface area contributed by atoms with Gasteiger partial charge < -0.3 is 5.32 Å². The van der Waals surface area contributed by atoms with Crippen LogP contribution in [0, 0.1) is 12.3 Å². The topological polar surface area (TPSA) is 12.0 Å². The summed E-state index contributed by atoms with van der Waals surface area (Å²) in [4.78, 5) is 0. The molecule has 17 heavy (non-hydrogen) atoms. The molecule has 0 spiro atoms. The Balaban J connectivity index is 2.54. The van der Waals surface area contributed by atoms with E-state index in [0.717, 1.165) is 37.3 Å². The Bertz CT molecular complexity index is 367. The van der Waals surface area contributed by atoms with E-state index in [4.69, 9.17) is 18.0 Å². The lowest BCUT2D eigenvalue weighted by molar-refractivity contribution is 0.479. The van der Waals surface area contributed by atoms with Crippen LogP contribution in [0.25, 0.3) is 0 Å². The monoisotopic (exact) mass is 249 g/mol. The molecule has 0 aliphatic rings. The quantitative estimate of drug-likeness (QED) is 0.574. The van der Waals surface area contributed by atoms with Crippen LogP contribution >= 0.6 is 11.6 Å². The van der Waals surface area contributed by atoms with Gasteiger partial charge in [-0.15, -0.1) is 12.3 Å². The van der Waals surface area contributed by atoms with Crippen LogP contribution in [0.2, 0.25) is 5.02 Å². The van der Waals surface area contributed by atoms with Crippen molar-refractivity contribution in [2.75, 3.05) is 6.54 Å². The third-order valence-corrected chi connectivity index (χ3v) is 3.16. The maximum Gasteiger partial charge on any atom is 0.0438 e. The first-order chi connectivity index (χ1) is 8.27. The molecular formula is C15H20ClN. The van der Waals surface area contributed by atoms with Gasteiger partial charge in [-0.3, -0.25) is 0 Å². The first-order valence-corrected chi connectivity index (χ1v) is 6.56. The first-order valence-electron chi connectivity index (χ1n) is 6.18. The van der Waals surface area contributed by atoms with Crippen LogP contribution in [-0.4, -0.2) is 12.6 Å². The summed E-state index contributed by atoms with van der Waals surface area (Å²) in [7, 11) is 0. The number of hydrogen-bond acceptors (Lipinski definition) is 1. The van der Waals surface area contributed by atoms with Crippen LogP contribution in [0.5, 0.6) is 0 Å². The van der Waals surface area contributed by atoms with Gasteiger partial charge in [0, 0.05) is 17.5 Å². The van der Waals surface area contributed by atoms with Crippen LogP contribution in [0.15, 0.2) is 24.3 Å². The van der Waals surface area contributed by atoms with Crippen molar-refractivity contribution in [2.24, 2.45) is 0 Å². The molecule has 1 unspecified atom stereocenters. The molecule has 0 saturated heterocycles. The maximum absolute atomic E-state index is 6.17. The molecule has 0 heterocycles. The predicted octanol–water partition coefficient (Wildman–Crippen LogP) is 3.66. The van der Waals surface area contributed by atoms with Crippen molar-refractivity contribution in [3.05, 3.63) is 34.9 Å². The number of hydrogen-bond donors (Lipinski definition) is 1. The summed E-state index contributed by atoms with van der Waals surface area (Å²) in [5, 5.41) is 4.34. The van der Waals surface area contributed by atoms with Gasteiger partial charge >= 0.3 is 0 Å². The molecule has 0 bridgehead atoms. The van der Waals surface area contributed by atoms with E-state index >= 15 is 0 Å². The fraction of sp³-hybridized carbons (Fsp3) is 0.467. The van der Waals surface area contributed by atoms with Crippen molar-refractivity contribution in [3.8, 4) is 12.3 Å². The second-order valence-electron chi connectivity index (χ2n) is 4.15. The molecular weight excluding hydrogens is 230 g/mol. The van der Waals surface area contributed by atoms with Crippen molar-refractivity contribution in [1.82, 2.24) is 5.32 Å². The number of nitrogens with one attached hydrogen (secondary N) is 1. The van der Waals surface area contributed by atoms with Crippen LogP contribution in [0.3, 0.4) is 0 Å². The van der Waals surface area contributed by atoms with Gasteiger partial charge in [0.15, 0.2) is 0 Å². The maximum atomic E-state index is 6.17. The lowest BCUT2D eigenvalue weighted by atomic mass is 10.0. The lowest BCUT2D eigenvalue weighted by Gasteiger charge is -2.18. The number of rotatable bonds is 7. The van der Waals surface area contributed by atoms with Crippen LogP contribution in [0.4, 0.5) is 0 Å². The SMILES string of the molecule is C#CCCCC(Cc1ccccc1Cl)NCC. The van der Waals surface area contributed by atoms with Crippen LogP contribution < -0.4 is 5.32 Å². The molecule has 2 heteroatoms. The van der Waals surface area contributed by atoms with Crippen molar-refractivity contribution < 1.29 is 0 Å². The summed E-state index contributed by atoms with van der Waals surface area (Å²) in [6, 6.07) is 8.50. The summed E-state index contributed by atoms with van der Waals surface area (Å²) in [5.41, 5.74) is 1.21. The van der Waals surface area contributed by atoms with Gasteiger partial charge in [-0.05, 0) is 37.4 Å². The van der Waals surface area contributed by atoms with Crippen LogP contribution in [0.1, 0.15) is 31.7 Å². The normalized spacial score (nSPS) is 12.1. The van der Waals surface area contributed by atoms with Gasteiger partial charge in [-0.1, -0.05) is 36.7 Å². The van der Waals surface area contributed by atoms with E-state index in [1.54, 1.807) is 0 Å². The number of terminal acetylenes is 1. The number of likely N-dealkylation sites (N-methyl/N-ethyl adjacent to an activating group) is 1. The van der Waals surface area contributed by atoms with Gasteiger partial charge in [-0.2, -0.15) is 0 Å². The van der Waals surface area contributed by atoms with Gasteiger partial charge in [0.1, 0.15) is 0 Å². The first kappa shape index (κ1) is 14.1. The molecule has 1 N–H and O–H groups in total. The van der Waals surface area contributed by atoms with Crippen molar-refractivity contribution >= 4 is 11.6 Å². The molecule has 0 fully saturated rings. The Hall–Kier alpha value is -0.970. The Morgan fingerprint density at radius 1 is 1.41 bits per heavy atom. The minimum atomic E-state index is 0.466. The van der Waals surface area contributed by atoms with Gasteiger partial charge in [0.2, 0.25) is 0 Å². The molecule has 1 aromatic carbocycles. The zero-order valence-corrected chi connectivity index (χ0v) is 11.1. The Kier molecular flexibility index (Phi) is 6.77. The average molecular weight is 250 g/mol. The van der Waals surface area contributed by atoms with E-state index in [-0.39, 0.29) is 0 Å². The zero-order chi connectivity index (χ0) is 12.5. The van der Waals surface area contributed by atoms with E-state index in [1.165, 1.54) is 5.56 Å². The minimum absolute atomic E-state index is 0.466. The molecule has 1 nitrogen and oxygen atoms in total. The summed E-state index contributed by atoms with van der Waals surface area (Å²) < 4.78 is 0. The number of benzene rings is 1. The molecule has 92 valence electrons. The van der Waals surface area contributed by atoms with Gasteiger partial charge in [0.05, 0.1) is 0 Å². The smallest absolute Gasteiger partial charge is 0.0438 e. The predicted molar refractivity (Wildman–Crippen MR) is 75.3 cm³/mol. The standard InChI is InChI=1S/C15H20ClN/c1-3-5-6-10-14(17-4-2)12-13-9-7-8-11-15(13)16/h1,7-9,11,14,17H,4-6,10,12H2,2H3. The third-order valence-electron chi connectivity index (χ3n) is 2.79. The van der Waals surface area contributed by atoms with Crippen LogP contribution in [-0.2, 0) is 6.42 Å². The fourth-order valence-electron chi connectivity index (χ4n) is 1.94. The molecule has 0 radical (unpaired) electrons. The number of unbranched alkanes of at least 4 members (excludes halogenated alkanes) is 1. The number of halogens is 1. The highest BCUT2D eigenvalue weighted by Crippen LogP contribution is 2.18. The lowest BCUT2D eigenvalue weighted by Crippen LogP contribution is -2.31. The second kappa shape index (κ2) is 8.17. The third kappa shape index (κ3) is 5.26. The van der Waals surface area contributed by atoms with Crippen molar-refractivity contribution in [3.63, 3.8) is 0 Å². The van der Waals surface area contributed by atoms with E-state index in [1.807, 2.05) is 18.2 Å². The fourth-order valence-corrected chi connectivity index (χ4v) is 2.16.